The highest BCUT2D eigenvalue weighted by molar-refractivity contribution is 9.09. The van der Waals surface area contributed by atoms with Crippen molar-refractivity contribution >= 4 is 27.7 Å². The molecule has 1 aromatic carbocycles. The molecule has 0 bridgehead atoms. The van der Waals surface area contributed by atoms with E-state index in [0.717, 1.165) is 29.3 Å². The van der Waals surface area contributed by atoms with Crippen LogP contribution in [-0.2, 0) is 16.0 Å². The van der Waals surface area contributed by atoms with E-state index in [1.807, 2.05) is 54.6 Å². The summed E-state index contributed by atoms with van der Waals surface area (Å²) in [7, 11) is 0. The molecule has 0 spiro atoms. The summed E-state index contributed by atoms with van der Waals surface area (Å²) in [5.41, 5.74) is 1.78. The normalized spacial score (nSPS) is 21.9. The molecule has 0 aromatic heterocycles. The molecule has 1 aromatic rings. The third-order valence-corrected chi connectivity index (χ3v) is 6.37. The number of carbonyl (C=O) groups is 2. The number of rotatable bonds is 12. The monoisotopic (exact) mass is 532 g/mol. The summed E-state index contributed by atoms with van der Waals surface area (Å²) in [4.78, 5) is 25.3. The second-order valence-electron chi connectivity index (χ2n) is 8.79. The third-order valence-electron chi connectivity index (χ3n) is 5.81. The van der Waals surface area contributed by atoms with Gasteiger partial charge < -0.3 is 20.8 Å². The van der Waals surface area contributed by atoms with E-state index < -0.39 is 24.2 Å². The first-order chi connectivity index (χ1) is 16.4. The zero-order valence-electron chi connectivity index (χ0n) is 19.7. The number of amides is 2. The zero-order chi connectivity index (χ0) is 24.8. The van der Waals surface area contributed by atoms with Crippen LogP contribution < -0.4 is 10.6 Å². The number of aliphatic hydroxyl groups excluding tert-OH is 2. The number of aliphatic hydroxyl groups is 2. The lowest BCUT2D eigenvalue weighted by molar-refractivity contribution is -0.127. The van der Waals surface area contributed by atoms with Crippen LogP contribution in [-0.4, -0.2) is 52.2 Å². The van der Waals surface area contributed by atoms with Crippen molar-refractivity contribution in [3.63, 3.8) is 0 Å². The lowest BCUT2D eigenvalue weighted by Crippen LogP contribution is -2.47. The number of halogens is 1. The maximum absolute atomic E-state index is 13.3. The highest BCUT2D eigenvalue weighted by Gasteiger charge is 2.27. The fourth-order valence-electron chi connectivity index (χ4n) is 3.88. The largest absolute Gasteiger partial charge is 0.391 e. The number of hydrogen-bond donors (Lipinski definition) is 4. The predicted octanol–water partition coefficient (Wildman–Crippen LogP) is 3.59. The second-order valence-corrected chi connectivity index (χ2v) is 9.59. The topological polar surface area (TPSA) is 98.7 Å². The summed E-state index contributed by atoms with van der Waals surface area (Å²) in [6.07, 6.45) is 9.56. The van der Waals surface area contributed by atoms with Crippen LogP contribution in [0.15, 0.2) is 66.8 Å². The number of nitrogens with one attached hydrogen (secondary N) is 2. The van der Waals surface area contributed by atoms with Crippen molar-refractivity contribution < 1.29 is 19.8 Å². The Morgan fingerprint density at radius 3 is 2.68 bits per heavy atom. The van der Waals surface area contributed by atoms with E-state index in [-0.39, 0.29) is 24.8 Å². The Kier molecular flexibility index (Phi) is 12.9. The van der Waals surface area contributed by atoms with E-state index in [1.165, 1.54) is 0 Å². The molecule has 2 rings (SSSR count). The molecule has 0 saturated carbocycles. The molecule has 0 unspecified atom stereocenters. The quantitative estimate of drug-likeness (QED) is 0.244. The summed E-state index contributed by atoms with van der Waals surface area (Å²) >= 11 is 3.35. The van der Waals surface area contributed by atoms with Gasteiger partial charge in [0.25, 0.3) is 0 Å². The number of carbonyl (C=O) groups excluding carboxylic acids is 2. The van der Waals surface area contributed by atoms with E-state index in [0.29, 0.717) is 25.7 Å². The molecule has 1 aliphatic rings. The Morgan fingerprint density at radius 2 is 1.94 bits per heavy atom. The standard InChI is InChI=1S/C27H37BrN2O4/c1-20-10-4-2-7-13-24(25(32)16-20)30-27(34)22(17-21-11-5-3-6-12-21)18-23(31)19-29-26(33)14-8-9-15-28/h2-7,10-12,22-25,31-32H,1,8-9,13-19H2,(H,29,33)(H,30,34)/b7-2-,10-4-/t22-,23+,24+,25-/m1/s1. The number of hydrogen-bond acceptors (Lipinski definition) is 4. The number of alkyl halides is 1. The molecule has 7 heteroatoms. The molecular weight excluding hydrogens is 496 g/mol. The molecule has 2 amide bonds. The molecule has 6 nitrogen and oxygen atoms in total. The van der Waals surface area contributed by atoms with E-state index >= 15 is 0 Å². The summed E-state index contributed by atoms with van der Waals surface area (Å²) in [5, 5.41) is 27.9. The number of allylic oxidation sites excluding steroid dienone is 3. The van der Waals surface area contributed by atoms with E-state index in [9.17, 15) is 19.8 Å². The minimum Gasteiger partial charge on any atom is -0.391 e. The lowest BCUT2D eigenvalue weighted by atomic mass is 9.91. The van der Waals surface area contributed by atoms with Crippen molar-refractivity contribution in [2.45, 2.75) is 63.2 Å². The molecule has 4 N–H and O–H groups in total. The first-order valence-electron chi connectivity index (χ1n) is 11.9. The van der Waals surface area contributed by atoms with Crippen LogP contribution in [0.25, 0.3) is 0 Å². The van der Waals surface area contributed by atoms with Crippen LogP contribution in [0.2, 0.25) is 0 Å². The second kappa shape index (κ2) is 15.6. The molecular formula is C27H37BrN2O4. The Balaban J connectivity index is 2.01. The lowest BCUT2D eigenvalue weighted by Gasteiger charge is -2.27. The summed E-state index contributed by atoms with van der Waals surface area (Å²) in [6, 6.07) is 9.19. The maximum atomic E-state index is 13.3. The smallest absolute Gasteiger partial charge is 0.223 e. The van der Waals surface area contributed by atoms with Crippen LogP contribution in [0, 0.1) is 5.92 Å². The highest BCUT2D eigenvalue weighted by Crippen LogP contribution is 2.18. The van der Waals surface area contributed by atoms with Crippen molar-refractivity contribution in [3.8, 4) is 0 Å². The molecule has 0 saturated heterocycles. The molecule has 34 heavy (non-hydrogen) atoms. The van der Waals surface area contributed by atoms with Gasteiger partial charge in [0.1, 0.15) is 0 Å². The van der Waals surface area contributed by atoms with Crippen LogP contribution in [0.3, 0.4) is 0 Å². The van der Waals surface area contributed by atoms with E-state index in [4.69, 9.17) is 0 Å². The average Bonchev–Trinajstić information content (AvgIpc) is 2.88. The molecule has 0 heterocycles. The van der Waals surface area contributed by atoms with Gasteiger partial charge in [-0.3, -0.25) is 9.59 Å². The highest BCUT2D eigenvalue weighted by atomic mass is 79.9. The molecule has 186 valence electrons. The SMILES string of the molecule is C=C1/C=C\C=C/C[C@H](NC(=O)[C@H](Cc2ccccc2)C[C@H](O)CNC(=O)CCCCBr)[C@H](O)C1. The molecule has 0 fully saturated rings. The summed E-state index contributed by atoms with van der Waals surface area (Å²) in [6.45, 7) is 4.05. The first-order valence-corrected chi connectivity index (χ1v) is 13.0. The van der Waals surface area contributed by atoms with Gasteiger partial charge in [0.05, 0.1) is 18.2 Å². The van der Waals surface area contributed by atoms with Crippen LogP contribution >= 0.6 is 15.9 Å². The van der Waals surface area contributed by atoms with Crippen molar-refractivity contribution in [2.24, 2.45) is 5.92 Å². The minimum absolute atomic E-state index is 0.0987. The first kappa shape index (κ1) is 28.0. The van der Waals surface area contributed by atoms with E-state index in [2.05, 4.69) is 33.1 Å². The van der Waals surface area contributed by atoms with E-state index in [1.54, 1.807) is 0 Å². The maximum Gasteiger partial charge on any atom is 0.223 e. The van der Waals surface area contributed by atoms with Gasteiger partial charge in [-0.1, -0.05) is 82.7 Å². The van der Waals surface area contributed by atoms with Gasteiger partial charge in [-0.05, 0) is 44.1 Å². The molecule has 4 atom stereocenters. The van der Waals surface area contributed by atoms with Crippen molar-refractivity contribution in [3.05, 3.63) is 72.4 Å². The van der Waals surface area contributed by atoms with Gasteiger partial charge in [0, 0.05) is 24.2 Å². The van der Waals surface area contributed by atoms with Gasteiger partial charge in [-0.25, -0.2) is 0 Å². The Morgan fingerprint density at radius 1 is 1.18 bits per heavy atom. The Labute approximate surface area is 211 Å². The number of benzene rings is 1. The van der Waals surface area contributed by atoms with Gasteiger partial charge >= 0.3 is 0 Å². The van der Waals surface area contributed by atoms with Gasteiger partial charge in [0.2, 0.25) is 11.8 Å². The number of unbranched alkanes of at least 4 members (excludes halogenated alkanes) is 1. The minimum atomic E-state index is -0.853. The Hall–Kier alpha value is -2.22. The van der Waals surface area contributed by atoms with Crippen molar-refractivity contribution in [1.29, 1.82) is 0 Å². The summed E-state index contributed by atoms with van der Waals surface area (Å²) < 4.78 is 0. The zero-order valence-corrected chi connectivity index (χ0v) is 21.3. The summed E-state index contributed by atoms with van der Waals surface area (Å²) in [5.74, 6) is -0.826. The third kappa shape index (κ3) is 10.8. The molecule has 0 radical (unpaired) electrons. The van der Waals surface area contributed by atoms with Crippen LogP contribution in [0.1, 0.15) is 44.1 Å². The van der Waals surface area contributed by atoms with Crippen molar-refractivity contribution in [1.82, 2.24) is 10.6 Å². The molecule has 0 aliphatic heterocycles. The Bertz CT molecular complexity index is 840. The van der Waals surface area contributed by atoms with Gasteiger partial charge in [-0.2, -0.15) is 0 Å². The fraction of sp³-hybridized carbons (Fsp3) is 0.481. The van der Waals surface area contributed by atoms with Crippen LogP contribution in [0.5, 0.6) is 0 Å². The average molecular weight is 534 g/mol. The fourth-order valence-corrected chi connectivity index (χ4v) is 4.28. The van der Waals surface area contributed by atoms with Crippen molar-refractivity contribution in [2.75, 3.05) is 11.9 Å². The molecule has 1 aliphatic carbocycles. The van der Waals surface area contributed by atoms with Crippen LogP contribution in [0.4, 0.5) is 0 Å². The van der Waals surface area contributed by atoms with Gasteiger partial charge in [-0.15, -0.1) is 0 Å². The predicted molar refractivity (Wildman–Crippen MR) is 140 cm³/mol. The van der Waals surface area contributed by atoms with Gasteiger partial charge in [0.15, 0.2) is 0 Å².